The van der Waals surface area contributed by atoms with Gasteiger partial charge in [0, 0.05) is 31.9 Å². The fourth-order valence-corrected chi connectivity index (χ4v) is 2.41. The van der Waals surface area contributed by atoms with Gasteiger partial charge in [0.2, 0.25) is 5.79 Å². The summed E-state index contributed by atoms with van der Waals surface area (Å²) in [4.78, 5) is 12.4. The summed E-state index contributed by atoms with van der Waals surface area (Å²) in [6.07, 6.45) is 4.56. The van der Waals surface area contributed by atoms with Crippen molar-refractivity contribution in [2.45, 2.75) is 5.79 Å². The van der Waals surface area contributed by atoms with E-state index in [-0.39, 0.29) is 5.78 Å². The Hall–Kier alpha value is -2.31. The minimum atomic E-state index is -1.11. The van der Waals surface area contributed by atoms with Gasteiger partial charge in [-0.05, 0) is 18.2 Å². The van der Waals surface area contributed by atoms with Gasteiger partial charge in [0.05, 0.1) is 26.9 Å². The van der Waals surface area contributed by atoms with Gasteiger partial charge in [0.25, 0.3) is 0 Å². The van der Waals surface area contributed by atoms with Crippen LogP contribution in [0.1, 0.15) is 5.56 Å². The van der Waals surface area contributed by atoms with E-state index < -0.39 is 5.79 Å². The van der Waals surface area contributed by atoms with Crippen LogP contribution in [-0.2, 0) is 14.3 Å². The van der Waals surface area contributed by atoms with Gasteiger partial charge in [-0.15, -0.1) is 0 Å². The van der Waals surface area contributed by atoms with E-state index in [0.29, 0.717) is 28.4 Å². The Morgan fingerprint density at radius 2 is 1.43 bits per heavy atom. The highest BCUT2D eigenvalue weighted by Crippen LogP contribution is 2.41. The number of benzene rings is 1. The number of ketones is 1. The number of hydrogen-bond donors (Lipinski definition) is 0. The Balaban J connectivity index is 2.68. The summed E-state index contributed by atoms with van der Waals surface area (Å²) in [6, 6.07) is 3.37. The number of ether oxygens (including phenoxy) is 5. The van der Waals surface area contributed by atoms with Crippen molar-refractivity contribution in [2.75, 3.05) is 35.5 Å². The molecule has 6 heteroatoms. The molecule has 124 valence electrons. The van der Waals surface area contributed by atoms with Crippen molar-refractivity contribution in [1.29, 1.82) is 0 Å². The predicted molar refractivity (Wildman–Crippen MR) is 85.0 cm³/mol. The lowest BCUT2D eigenvalue weighted by molar-refractivity contribution is -0.135. The lowest BCUT2D eigenvalue weighted by Gasteiger charge is -2.28. The van der Waals surface area contributed by atoms with Crippen LogP contribution in [0.2, 0.25) is 0 Å². The summed E-state index contributed by atoms with van der Waals surface area (Å²) in [5.41, 5.74) is 0.885. The number of carbonyl (C=O) groups is 1. The summed E-state index contributed by atoms with van der Waals surface area (Å²) < 4.78 is 26.8. The molecule has 1 aliphatic carbocycles. The van der Waals surface area contributed by atoms with E-state index in [2.05, 4.69) is 0 Å². The van der Waals surface area contributed by atoms with Gasteiger partial charge in [-0.2, -0.15) is 0 Å². The summed E-state index contributed by atoms with van der Waals surface area (Å²) in [6.45, 7) is 0. The molecule has 0 saturated carbocycles. The topological polar surface area (TPSA) is 63.2 Å². The molecule has 0 aliphatic heterocycles. The molecule has 0 amide bonds. The number of hydrogen-bond acceptors (Lipinski definition) is 6. The minimum absolute atomic E-state index is 0.198. The largest absolute Gasteiger partial charge is 0.496 e. The molecule has 6 nitrogen and oxygen atoms in total. The molecule has 0 radical (unpaired) electrons. The third kappa shape index (κ3) is 3.09. The second kappa shape index (κ2) is 6.85. The maximum absolute atomic E-state index is 12.4. The number of rotatable bonds is 6. The molecule has 0 unspecified atom stereocenters. The van der Waals surface area contributed by atoms with Crippen molar-refractivity contribution in [3.8, 4) is 17.2 Å². The normalized spacial score (nSPS) is 16.0. The van der Waals surface area contributed by atoms with Crippen LogP contribution < -0.4 is 14.2 Å². The minimum Gasteiger partial charge on any atom is -0.496 e. The lowest BCUT2D eigenvalue weighted by atomic mass is 9.92. The Kier molecular flexibility index (Phi) is 5.08. The van der Waals surface area contributed by atoms with E-state index in [1.54, 1.807) is 31.4 Å². The Morgan fingerprint density at radius 3 is 1.87 bits per heavy atom. The van der Waals surface area contributed by atoms with E-state index in [9.17, 15) is 4.79 Å². The van der Waals surface area contributed by atoms with E-state index in [4.69, 9.17) is 23.7 Å². The van der Waals surface area contributed by atoms with E-state index >= 15 is 0 Å². The van der Waals surface area contributed by atoms with Gasteiger partial charge < -0.3 is 23.7 Å². The average Bonchev–Trinajstić information content (AvgIpc) is 2.61. The first kappa shape index (κ1) is 17.1. The number of carbonyl (C=O) groups excluding carboxylic acids is 1. The molecular weight excluding hydrogens is 300 g/mol. The highest BCUT2D eigenvalue weighted by atomic mass is 16.7. The molecule has 1 aromatic carbocycles. The number of allylic oxidation sites excluding steroid dienone is 2. The van der Waals surface area contributed by atoms with Crippen LogP contribution in [-0.4, -0.2) is 47.1 Å². The van der Waals surface area contributed by atoms with E-state index in [1.807, 2.05) is 0 Å². The fourth-order valence-electron chi connectivity index (χ4n) is 2.41. The van der Waals surface area contributed by atoms with E-state index in [1.165, 1.54) is 34.5 Å². The van der Waals surface area contributed by atoms with Gasteiger partial charge in [-0.25, -0.2) is 0 Å². The van der Waals surface area contributed by atoms with Crippen molar-refractivity contribution in [3.05, 3.63) is 35.9 Å². The third-order valence-corrected chi connectivity index (χ3v) is 3.70. The van der Waals surface area contributed by atoms with Crippen LogP contribution in [0.5, 0.6) is 17.2 Å². The maximum Gasteiger partial charge on any atom is 0.208 e. The SMILES string of the molecule is COc1cc(OC)c(C2=CC(OC)(OC)C=CC2=O)c(OC)c1. The van der Waals surface area contributed by atoms with Gasteiger partial charge in [-0.1, -0.05) is 0 Å². The molecule has 1 aromatic rings. The second-order valence-electron chi connectivity index (χ2n) is 4.79. The molecule has 0 atom stereocenters. The molecule has 0 heterocycles. The molecule has 23 heavy (non-hydrogen) atoms. The molecule has 0 spiro atoms. The third-order valence-electron chi connectivity index (χ3n) is 3.70. The van der Waals surface area contributed by atoms with Crippen molar-refractivity contribution >= 4 is 11.4 Å². The lowest BCUT2D eigenvalue weighted by Crippen LogP contribution is -2.32. The quantitative estimate of drug-likeness (QED) is 0.749. The fraction of sp³-hybridized carbons (Fsp3) is 0.353. The standard InChI is InChI=1S/C17H20O6/c1-19-11-8-14(20-2)16(15(9-11)21-3)12-10-17(22-4,23-5)7-6-13(12)18/h6-10H,1-5H3. The molecule has 0 bridgehead atoms. The van der Waals surface area contributed by atoms with E-state index in [0.717, 1.165) is 0 Å². The zero-order valence-electron chi connectivity index (χ0n) is 13.8. The van der Waals surface area contributed by atoms with Crippen LogP contribution in [0.3, 0.4) is 0 Å². The Morgan fingerprint density at radius 1 is 0.870 bits per heavy atom. The molecule has 0 N–H and O–H groups in total. The summed E-state index contributed by atoms with van der Waals surface area (Å²) >= 11 is 0. The first-order valence-electron chi connectivity index (χ1n) is 6.91. The Labute approximate surface area is 135 Å². The highest BCUT2D eigenvalue weighted by molar-refractivity contribution is 6.28. The first-order chi connectivity index (χ1) is 11.0. The van der Waals surface area contributed by atoms with Crippen molar-refractivity contribution < 1.29 is 28.5 Å². The zero-order valence-corrected chi connectivity index (χ0v) is 13.8. The summed E-state index contributed by atoms with van der Waals surface area (Å²) in [7, 11) is 7.58. The van der Waals surface area contributed by atoms with Gasteiger partial charge in [0.15, 0.2) is 5.78 Å². The second-order valence-corrected chi connectivity index (χ2v) is 4.79. The number of methoxy groups -OCH3 is 5. The molecule has 0 saturated heterocycles. The van der Waals surface area contributed by atoms with Crippen LogP contribution in [0, 0.1) is 0 Å². The van der Waals surface area contributed by atoms with Crippen molar-refractivity contribution in [1.82, 2.24) is 0 Å². The molecule has 1 aliphatic rings. The molecule has 2 rings (SSSR count). The van der Waals surface area contributed by atoms with Crippen molar-refractivity contribution in [3.63, 3.8) is 0 Å². The first-order valence-corrected chi connectivity index (χ1v) is 6.91. The van der Waals surface area contributed by atoms with Crippen LogP contribution in [0.4, 0.5) is 0 Å². The van der Waals surface area contributed by atoms with Gasteiger partial charge in [0.1, 0.15) is 17.2 Å². The molecule has 0 fully saturated rings. The van der Waals surface area contributed by atoms with Crippen LogP contribution in [0.15, 0.2) is 30.4 Å². The zero-order chi connectivity index (χ0) is 17.0. The van der Waals surface area contributed by atoms with Crippen LogP contribution >= 0.6 is 0 Å². The monoisotopic (exact) mass is 320 g/mol. The highest BCUT2D eigenvalue weighted by Gasteiger charge is 2.33. The summed E-state index contributed by atoms with van der Waals surface area (Å²) in [5.74, 6) is 0.164. The Bertz CT molecular complexity index is 630. The van der Waals surface area contributed by atoms with Crippen molar-refractivity contribution in [2.24, 2.45) is 0 Å². The smallest absolute Gasteiger partial charge is 0.208 e. The molecular formula is C17H20O6. The predicted octanol–water partition coefficient (Wildman–Crippen LogP) is 2.22. The summed E-state index contributed by atoms with van der Waals surface area (Å²) in [5, 5.41) is 0. The molecule has 0 aromatic heterocycles. The van der Waals surface area contributed by atoms with Gasteiger partial charge in [-0.3, -0.25) is 4.79 Å². The average molecular weight is 320 g/mol. The van der Waals surface area contributed by atoms with Gasteiger partial charge >= 0.3 is 0 Å². The maximum atomic E-state index is 12.4. The van der Waals surface area contributed by atoms with Crippen LogP contribution in [0.25, 0.3) is 5.57 Å².